The number of benzene rings is 1. The van der Waals surface area contributed by atoms with E-state index in [1.54, 1.807) is 7.05 Å². The van der Waals surface area contributed by atoms with Gasteiger partial charge in [-0.3, -0.25) is 14.6 Å². The van der Waals surface area contributed by atoms with Gasteiger partial charge in [-0.15, -0.1) is 0 Å². The Labute approximate surface area is 114 Å². The molecule has 1 heterocycles. The van der Waals surface area contributed by atoms with Crippen molar-refractivity contribution in [3.8, 4) is 11.3 Å². The minimum Gasteiger partial charge on any atom is -0.319 e. The van der Waals surface area contributed by atoms with Crippen molar-refractivity contribution in [3.05, 3.63) is 44.7 Å². The van der Waals surface area contributed by atoms with Gasteiger partial charge in [-0.1, -0.05) is 28.1 Å². The third-order valence-corrected chi connectivity index (χ3v) is 3.38. The first-order chi connectivity index (χ1) is 8.63. The van der Waals surface area contributed by atoms with Crippen LogP contribution in [0.2, 0.25) is 0 Å². The highest BCUT2D eigenvalue weighted by molar-refractivity contribution is 9.10. The third kappa shape index (κ3) is 2.57. The predicted molar refractivity (Wildman–Crippen MR) is 76.8 cm³/mol. The Balaban J connectivity index is 2.50. The molecule has 96 valence electrons. The summed E-state index contributed by atoms with van der Waals surface area (Å²) in [5, 5.41) is 6.19. The van der Waals surface area contributed by atoms with Crippen molar-refractivity contribution in [2.24, 2.45) is 7.05 Å². The van der Waals surface area contributed by atoms with Crippen molar-refractivity contribution < 1.29 is 0 Å². The quantitative estimate of drug-likeness (QED) is 0.906. The van der Waals surface area contributed by atoms with Gasteiger partial charge in [0, 0.05) is 22.6 Å². The first-order valence-electron chi connectivity index (χ1n) is 5.82. The summed E-state index contributed by atoms with van der Waals surface area (Å²) in [4.78, 5) is 12.0. The van der Waals surface area contributed by atoms with Gasteiger partial charge in [0.05, 0.1) is 5.69 Å². The molecule has 0 spiro atoms. The Morgan fingerprint density at radius 2 is 2.22 bits per heavy atom. The van der Waals surface area contributed by atoms with Crippen molar-refractivity contribution in [2.45, 2.75) is 6.42 Å². The molecule has 0 amide bonds. The molecule has 0 atom stereocenters. The number of hydrogen-bond acceptors (Lipinski definition) is 2. The second-order valence-electron chi connectivity index (χ2n) is 4.19. The van der Waals surface area contributed by atoms with E-state index < -0.39 is 0 Å². The molecular weight excluding hydrogens is 294 g/mol. The average molecular weight is 310 g/mol. The summed E-state index contributed by atoms with van der Waals surface area (Å²) in [6.45, 7) is 0.786. The molecule has 0 bridgehead atoms. The fourth-order valence-electron chi connectivity index (χ4n) is 1.96. The molecule has 2 N–H and O–H groups in total. The van der Waals surface area contributed by atoms with Crippen LogP contribution in [0.5, 0.6) is 0 Å². The molecule has 0 saturated carbocycles. The lowest BCUT2D eigenvalue weighted by molar-refractivity contribution is 0.734. The van der Waals surface area contributed by atoms with E-state index in [0.29, 0.717) is 6.42 Å². The van der Waals surface area contributed by atoms with Gasteiger partial charge in [0.25, 0.3) is 5.56 Å². The van der Waals surface area contributed by atoms with Gasteiger partial charge in [0.15, 0.2) is 0 Å². The number of aromatic amines is 1. The van der Waals surface area contributed by atoms with Crippen molar-refractivity contribution in [2.75, 3.05) is 13.6 Å². The number of aromatic nitrogens is 2. The highest BCUT2D eigenvalue weighted by Gasteiger charge is 2.13. The Morgan fingerprint density at radius 3 is 2.89 bits per heavy atom. The van der Waals surface area contributed by atoms with Crippen LogP contribution in [-0.2, 0) is 13.5 Å². The predicted octanol–water partition coefficient (Wildman–Crippen LogP) is 1.90. The second-order valence-corrected chi connectivity index (χ2v) is 5.11. The zero-order valence-electron chi connectivity index (χ0n) is 10.5. The number of H-pyrrole nitrogens is 1. The maximum atomic E-state index is 12.0. The lowest BCUT2D eigenvalue weighted by atomic mass is 10.1. The number of rotatable bonds is 4. The van der Waals surface area contributed by atoms with Crippen LogP contribution in [0.1, 0.15) is 5.56 Å². The first kappa shape index (κ1) is 13.1. The van der Waals surface area contributed by atoms with Gasteiger partial charge in [0.2, 0.25) is 0 Å². The van der Waals surface area contributed by atoms with Crippen LogP contribution in [-0.4, -0.2) is 23.4 Å². The van der Waals surface area contributed by atoms with E-state index >= 15 is 0 Å². The van der Waals surface area contributed by atoms with Crippen molar-refractivity contribution in [1.29, 1.82) is 0 Å². The van der Waals surface area contributed by atoms with Crippen LogP contribution in [0.3, 0.4) is 0 Å². The van der Waals surface area contributed by atoms with E-state index in [0.717, 1.165) is 27.8 Å². The molecule has 2 aromatic rings. The Kier molecular flexibility index (Phi) is 4.04. The standard InChI is InChI=1S/C13H16BrN3O/c1-15-7-6-11-12(16-17(2)13(11)18)9-4-3-5-10(14)8-9/h3-5,8,15-16H,6-7H2,1-2H3. The first-order valence-corrected chi connectivity index (χ1v) is 6.61. The molecule has 1 aromatic heterocycles. The molecule has 1 aromatic carbocycles. The molecule has 5 heteroatoms. The lowest BCUT2D eigenvalue weighted by Crippen LogP contribution is -2.19. The molecule has 4 nitrogen and oxygen atoms in total. The average Bonchev–Trinajstić information content (AvgIpc) is 2.64. The third-order valence-electron chi connectivity index (χ3n) is 2.88. The van der Waals surface area contributed by atoms with E-state index in [1.165, 1.54) is 4.68 Å². The van der Waals surface area contributed by atoms with Gasteiger partial charge in [-0.25, -0.2) is 0 Å². The van der Waals surface area contributed by atoms with E-state index in [-0.39, 0.29) is 5.56 Å². The second kappa shape index (κ2) is 5.54. The van der Waals surface area contributed by atoms with Crippen LogP contribution >= 0.6 is 15.9 Å². The maximum absolute atomic E-state index is 12.0. The Morgan fingerprint density at radius 1 is 1.44 bits per heavy atom. The lowest BCUT2D eigenvalue weighted by Gasteiger charge is -2.03. The zero-order valence-corrected chi connectivity index (χ0v) is 12.0. The summed E-state index contributed by atoms with van der Waals surface area (Å²) in [5.74, 6) is 0. The summed E-state index contributed by atoms with van der Waals surface area (Å²) in [7, 11) is 3.63. The fourth-order valence-corrected chi connectivity index (χ4v) is 2.36. The largest absolute Gasteiger partial charge is 0.319 e. The highest BCUT2D eigenvalue weighted by atomic mass is 79.9. The van der Waals surface area contributed by atoms with Gasteiger partial charge in [-0.05, 0) is 32.1 Å². The number of likely N-dealkylation sites (N-methyl/N-ethyl adjacent to an activating group) is 1. The van der Waals surface area contributed by atoms with Gasteiger partial charge < -0.3 is 5.32 Å². The van der Waals surface area contributed by atoms with E-state index in [2.05, 4.69) is 26.3 Å². The Bertz CT molecular complexity index is 601. The normalized spacial score (nSPS) is 10.8. The summed E-state index contributed by atoms with van der Waals surface area (Å²) in [5.41, 5.74) is 2.79. The van der Waals surface area contributed by atoms with Gasteiger partial charge in [0.1, 0.15) is 0 Å². The highest BCUT2D eigenvalue weighted by Crippen LogP contribution is 2.23. The van der Waals surface area contributed by atoms with Crippen molar-refractivity contribution in [1.82, 2.24) is 15.1 Å². The molecule has 0 aliphatic carbocycles. The minimum absolute atomic E-state index is 0.0419. The van der Waals surface area contributed by atoms with Crippen LogP contribution in [0, 0.1) is 0 Å². The summed E-state index contributed by atoms with van der Waals surface area (Å²) >= 11 is 3.45. The molecule has 18 heavy (non-hydrogen) atoms. The van der Waals surface area contributed by atoms with E-state index in [4.69, 9.17) is 0 Å². The maximum Gasteiger partial charge on any atom is 0.270 e. The molecule has 0 radical (unpaired) electrons. The molecule has 0 aliphatic rings. The number of nitrogens with one attached hydrogen (secondary N) is 2. The number of halogens is 1. The van der Waals surface area contributed by atoms with Crippen molar-refractivity contribution >= 4 is 15.9 Å². The molecule has 0 unspecified atom stereocenters. The number of nitrogens with zero attached hydrogens (tertiary/aromatic N) is 1. The zero-order chi connectivity index (χ0) is 13.1. The van der Waals surface area contributed by atoms with Crippen LogP contribution in [0.25, 0.3) is 11.3 Å². The summed E-state index contributed by atoms with van der Waals surface area (Å²) in [6, 6.07) is 7.94. The number of hydrogen-bond donors (Lipinski definition) is 2. The fraction of sp³-hybridized carbons (Fsp3) is 0.308. The smallest absolute Gasteiger partial charge is 0.270 e. The topological polar surface area (TPSA) is 49.8 Å². The monoisotopic (exact) mass is 309 g/mol. The molecule has 0 saturated heterocycles. The van der Waals surface area contributed by atoms with E-state index in [9.17, 15) is 4.79 Å². The Hall–Kier alpha value is -1.33. The number of aryl methyl sites for hydroxylation is 1. The minimum atomic E-state index is 0.0419. The van der Waals surface area contributed by atoms with Crippen LogP contribution < -0.4 is 10.9 Å². The van der Waals surface area contributed by atoms with Crippen LogP contribution in [0.4, 0.5) is 0 Å². The summed E-state index contributed by atoms with van der Waals surface area (Å²) < 4.78 is 2.53. The van der Waals surface area contributed by atoms with Gasteiger partial charge >= 0.3 is 0 Å². The molecule has 2 rings (SSSR count). The SMILES string of the molecule is CNCCc1c(-c2cccc(Br)c2)[nH]n(C)c1=O. The van der Waals surface area contributed by atoms with Crippen LogP contribution in [0.15, 0.2) is 33.5 Å². The van der Waals surface area contributed by atoms with E-state index in [1.807, 2.05) is 31.3 Å². The summed E-state index contributed by atoms with van der Waals surface area (Å²) in [6.07, 6.45) is 0.717. The molecule has 0 aliphatic heterocycles. The molecular formula is C13H16BrN3O. The molecule has 0 fully saturated rings. The van der Waals surface area contributed by atoms with Crippen molar-refractivity contribution in [3.63, 3.8) is 0 Å². The van der Waals surface area contributed by atoms with Gasteiger partial charge in [-0.2, -0.15) is 0 Å².